The zero-order chi connectivity index (χ0) is 12.0. The number of halogens is 4. The molecule has 0 atom stereocenters. The first-order chi connectivity index (χ1) is 7.32. The fraction of sp³-hybridized carbons (Fsp3) is 0.455. The van der Waals surface area contributed by atoms with Crippen LogP contribution in [0.5, 0.6) is 0 Å². The summed E-state index contributed by atoms with van der Waals surface area (Å²) in [6, 6.07) is 2.85. The van der Waals surface area contributed by atoms with Gasteiger partial charge in [-0.1, -0.05) is 6.07 Å². The van der Waals surface area contributed by atoms with Crippen molar-refractivity contribution in [3.63, 3.8) is 0 Å². The van der Waals surface area contributed by atoms with Crippen LogP contribution in [-0.4, -0.2) is 10.7 Å². The molecule has 1 N–H and O–H groups in total. The second-order valence-corrected chi connectivity index (χ2v) is 4.16. The zero-order valence-corrected chi connectivity index (χ0v) is 8.31. The Morgan fingerprint density at radius 3 is 2.38 bits per heavy atom. The van der Waals surface area contributed by atoms with Gasteiger partial charge >= 0.3 is 6.18 Å². The van der Waals surface area contributed by atoms with E-state index in [0.29, 0.717) is 12.8 Å². The number of hydrogen-bond acceptors (Lipinski definition) is 1. The van der Waals surface area contributed by atoms with Gasteiger partial charge in [0.1, 0.15) is 5.82 Å². The molecule has 1 saturated carbocycles. The van der Waals surface area contributed by atoms with E-state index in [1.807, 2.05) is 0 Å². The largest absolute Gasteiger partial charge is 0.416 e. The van der Waals surface area contributed by atoms with Crippen LogP contribution in [0.3, 0.4) is 0 Å². The van der Waals surface area contributed by atoms with Crippen molar-refractivity contribution in [2.75, 3.05) is 0 Å². The van der Waals surface area contributed by atoms with Crippen LogP contribution in [0.1, 0.15) is 24.0 Å². The molecular formula is C11H10F4O. The summed E-state index contributed by atoms with van der Waals surface area (Å²) in [5.74, 6) is -0.907. The van der Waals surface area contributed by atoms with Crippen LogP contribution in [0.2, 0.25) is 0 Å². The molecule has 1 aliphatic rings. The summed E-state index contributed by atoms with van der Waals surface area (Å²) in [5.41, 5.74) is -2.56. The Morgan fingerprint density at radius 2 is 1.88 bits per heavy atom. The molecule has 1 aromatic rings. The van der Waals surface area contributed by atoms with Crippen LogP contribution >= 0.6 is 0 Å². The number of rotatable bonds is 2. The van der Waals surface area contributed by atoms with E-state index in [4.69, 9.17) is 0 Å². The van der Waals surface area contributed by atoms with Crippen LogP contribution < -0.4 is 0 Å². The number of hydrogen-bond donors (Lipinski definition) is 1. The maximum absolute atomic E-state index is 13.3. The molecule has 1 fully saturated rings. The molecule has 0 spiro atoms. The minimum absolute atomic E-state index is 0.269. The second kappa shape index (κ2) is 3.45. The molecule has 0 bridgehead atoms. The molecule has 0 aliphatic heterocycles. The molecule has 0 unspecified atom stereocenters. The standard InChI is InChI=1S/C11H10F4O/c12-9-3-1-2-8(11(13,14)15)7(9)6-10(16)4-5-10/h1-3,16H,4-6H2. The van der Waals surface area contributed by atoms with Gasteiger partial charge in [0.2, 0.25) is 0 Å². The Kier molecular flexibility index (Phi) is 2.45. The lowest BCUT2D eigenvalue weighted by atomic mass is 9.99. The van der Waals surface area contributed by atoms with Crippen molar-refractivity contribution >= 4 is 0 Å². The fourth-order valence-electron chi connectivity index (χ4n) is 1.65. The zero-order valence-electron chi connectivity index (χ0n) is 8.31. The van der Waals surface area contributed by atoms with Crippen molar-refractivity contribution in [1.82, 2.24) is 0 Å². The second-order valence-electron chi connectivity index (χ2n) is 4.16. The lowest BCUT2D eigenvalue weighted by Gasteiger charge is -2.15. The summed E-state index contributed by atoms with van der Waals surface area (Å²) in [7, 11) is 0. The molecule has 0 radical (unpaired) electrons. The average molecular weight is 234 g/mol. The van der Waals surface area contributed by atoms with Gasteiger partial charge in [0, 0.05) is 12.0 Å². The van der Waals surface area contributed by atoms with Gasteiger partial charge in [-0.05, 0) is 25.0 Å². The minimum atomic E-state index is -4.58. The monoisotopic (exact) mass is 234 g/mol. The van der Waals surface area contributed by atoms with E-state index in [-0.39, 0.29) is 6.42 Å². The van der Waals surface area contributed by atoms with Crippen molar-refractivity contribution < 1.29 is 22.7 Å². The van der Waals surface area contributed by atoms with Gasteiger partial charge in [0.05, 0.1) is 11.2 Å². The highest BCUT2D eigenvalue weighted by Crippen LogP contribution is 2.42. The highest BCUT2D eigenvalue weighted by molar-refractivity contribution is 5.33. The Hall–Kier alpha value is -1.10. The van der Waals surface area contributed by atoms with Crippen molar-refractivity contribution in [2.45, 2.75) is 31.0 Å². The number of benzene rings is 1. The van der Waals surface area contributed by atoms with Crippen LogP contribution in [0.4, 0.5) is 17.6 Å². The smallest absolute Gasteiger partial charge is 0.390 e. The highest BCUT2D eigenvalue weighted by atomic mass is 19.4. The molecule has 16 heavy (non-hydrogen) atoms. The maximum Gasteiger partial charge on any atom is 0.416 e. The average Bonchev–Trinajstić information content (AvgIpc) is 2.86. The quantitative estimate of drug-likeness (QED) is 0.780. The molecule has 0 heterocycles. The SMILES string of the molecule is OC1(Cc2c(F)cccc2C(F)(F)F)CC1. The van der Waals surface area contributed by atoms with Gasteiger partial charge in [0.15, 0.2) is 0 Å². The first-order valence-electron chi connectivity index (χ1n) is 4.89. The third kappa shape index (κ3) is 2.19. The molecular weight excluding hydrogens is 224 g/mol. The first kappa shape index (κ1) is 11.4. The Morgan fingerprint density at radius 1 is 1.25 bits per heavy atom. The highest BCUT2D eigenvalue weighted by Gasteiger charge is 2.44. The van der Waals surface area contributed by atoms with Gasteiger partial charge in [-0.2, -0.15) is 13.2 Å². The maximum atomic E-state index is 13.3. The fourth-order valence-corrected chi connectivity index (χ4v) is 1.65. The van der Waals surface area contributed by atoms with Crippen LogP contribution in [0, 0.1) is 5.82 Å². The molecule has 2 rings (SSSR count). The van der Waals surface area contributed by atoms with Crippen LogP contribution in [-0.2, 0) is 12.6 Å². The van der Waals surface area contributed by atoms with E-state index in [1.165, 1.54) is 0 Å². The summed E-state index contributed by atoms with van der Waals surface area (Å²) in [6.07, 6.45) is -3.99. The van der Waals surface area contributed by atoms with Crippen LogP contribution in [0.25, 0.3) is 0 Å². The molecule has 1 aromatic carbocycles. The molecule has 88 valence electrons. The van der Waals surface area contributed by atoms with Crippen molar-refractivity contribution in [2.24, 2.45) is 0 Å². The van der Waals surface area contributed by atoms with E-state index in [1.54, 1.807) is 0 Å². The van der Waals surface area contributed by atoms with Gasteiger partial charge in [-0.3, -0.25) is 0 Å². The summed E-state index contributed by atoms with van der Waals surface area (Å²) >= 11 is 0. The molecule has 0 saturated heterocycles. The number of alkyl halides is 3. The van der Waals surface area contributed by atoms with E-state index < -0.39 is 28.7 Å². The van der Waals surface area contributed by atoms with E-state index in [9.17, 15) is 22.7 Å². The van der Waals surface area contributed by atoms with Gasteiger partial charge in [-0.15, -0.1) is 0 Å². The lowest BCUT2D eigenvalue weighted by Crippen LogP contribution is -2.18. The predicted molar refractivity (Wildman–Crippen MR) is 49.3 cm³/mol. The molecule has 0 aromatic heterocycles. The van der Waals surface area contributed by atoms with Crippen molar-refractivity contribution in [1.29, 1.82) is 0 Å². The van der Waals surface area contributed by atoms with Gasteiger partial charge in [-0.25, -0.2) is 4.39 Å². The normalized spacial score (nSPS) is 18.6. The Balaban J connectivity index is 2.40. The summed E-state index contributed by atoms with van der Waals surface area (Å²) in [4.78, 5) is 0. The Bertz CT molecular complexity index is 407. The summed E-state index contributed by atoms with van der Waals surface area (Å²) < 4.78 is 51.1. The van der Waals surface area contributed by atoms with Gasteiger partial charge < -0.3 is 5.11 Å². The molecule has 1 nitrogen and oxygen atoms in total. The van der Waals surface area contributed by atoms with E-state index in [2.05, 4.69) is 0 Å². The lowest BCUT2D eigenvalue weighted by molar-refractivity contribution is -0.138. The van der Waals surface area contributed by atoms with Gasteiger partial charge in [0.25, 0.3) is 0 Å². The predicted octanol–water partition coefficient (Wildman–Crippen LogP) is 2.91. The summed E-state index contributed by atoms with van der Waals surface area (Å²) in [5, 5.41) is 9.56. The number of aliphatic hydroxyl groups is 1. The van der Waals surface area contributed by atoms with Crippen LogP contribution in [0.15, 0.2) is 18.2 Å². The molecule has 1 aliphatic carbocycles. The third-order valence-corrected chi connectivity index (χ3v) is 2.76. The minimum Gasteiger partial charge on any atom is -0.390 e. The third-order valence-electron chi connectivity index (χ3n) is 2.76. The van der Waals surface area contributed by atoms with E-state index >= 15 is 0 Å². The van der Waals surface area contributed by atoms with Crippen molar-refractivity contribution in [3.05, 3.63) is 35.1 Å². The van der Waals surface area contributed by atoms with E-state index in [0.717, 1.165) is 18.2 Å². The topological polar surface area (TPSA) is 20.2 Å². The molecule has 0 amide bonds. The molecule has 5 heteroatoms. The Labute approximate surface area is 89.7 Å². The summed E-state index contributed by atoms with van der Waals surface area (Å²) in [6.45, 7) is 0. The first-order valence-corrected chi connectivity index (χ1v) is 4.89. The van der Waals surface area contributed by atoms with Crippen molar-refractivity contribution in [3.8, 4) is 0 Å².